The summed E-state index contributed by atoms with van der Waals surface area (Å²) in [4.78, 5) is 10.3. The number of hydrogen-bond acceptors (Lipinski definition) is 2. The van der Waals surface area contributed by atoms with Crippen molar-refractivity contribution in [1.82, 2.24) is 0 Å². The third-order valence-electron chi connectivity index (χ3n) is 0.656. The molecule has 0 aromatic rings. The number of alkyl halides is 1. The average Bonchev–Trinajstić information content (AvgIpc) is 1.65. The zero-order valence-electron chi connectivity index (χ0n) is 4.15. The first-order valence-corrected chi connectivity index (χ1v) is 2.54. The quantitative estimate of drug-likeness (QED) is 0.427. The minimum absolute atomic E-state index is 0.110. The van der Waals surface area contributed by atoms with E-state index in [0.29, 0.717) is 6.42 Å². The minimum Gasteiger partial charge on any atom is -0.309 e. The van der Waals surface area contributed by atoms with Crippen LogP contribution in [0.4, 0.5) is 0 Å². The lowest BCUT2D eigenvalue weighted by molar-refractivity contribution is -0.118. The smallest absolute Gasteiger partial charge is 0.164 e. The minimum atomic E-state index is -0.801. The molecule has 0 aliphatic heterocycles. The van der Waals surface area contributed by atoms with Crippen molar-refractivity contribution >= 4 is 17.4 Å². The van der Waals surface area contributed by atoms with Crippen molar-refractivity contribution in [2.45, 2.75) is 18.8 Å². The Morgan fingerprint density at radius 3 is 2.43 bits per heavy atom. The van der Waals surface area contributed by atoms with Crippen LogP contribution in [-0.4, -0.2) is 11.3 Å². The summed E-state index contributed by atoms with van der Waals surface area (Å²) in [6, 6.07) is 0. The lowest BCUT2D eigenvalue weighted by atomic mass is 10.3. The van der Waals surface area contributed by atoms with Gasteiger partial charge in [0.2, 0.25) is 0 Å². The van der Waals surface area contributed by atoms with Gasteiger partial charge in [-0.05, 0) is 0 Å². The molecule has 2 N–H and O–H groups in total. The van der Waals surface area contributed by atoms with E-state index in [2.05, 4.69) is 0 Å². The van der Waals surface area contributed by atoms with Crippen molar-refractivity contribution in [2.75, 3.05) is 0 Å². The molecule has 0 bridgehead atoms. The highest BCUT2D eigenvalue weighted by Crippen LogP contribution is 1.90. The van der Waals surface area contributed by atoms with Gasteiger partial charge in [-0.2, -0.15) is 0 Å². The SMILES string of the molecule is CCC(=O)C(N)Cl. The Morgan fingerprint density at radius 2 is 2.43 bits per heavy atom. The Labute approximate surface area is 47.6 Å². The molecule has 0 aromatic heterocycles. The summed E-state index contributed by atoms with van der Waals surface area (Å²) in [5.74, 6) is -0.110. The molecular formula is C4H8ClNO. The van der Waals surface area contributed by atoms with Crippen LogP contribution >= 0.6 is 11.6 Å². The fourth-order valence-corrected chi connectivity index (χ4v) is 0.349. The van der Waals surface area contributed by atoms with Crippen molar-refractivity contribution in [3.05, 3.63) is 0 Å². The Morgan fingerprint density at radius 1 is 2.00 bits per heavy atom. The molecule has 0 saturated heterocycles. The van der Waals surface area contributed by atoms with Crippen molar-refractivity contribution in [2.24, 2.45) is 5.73 Å². The number of halogens is 1. The van der Waals surface area contributed by atoms with Crippen LogP contribution in [-0.2, 0) is 4.79 Å². The average molecular weight is 122 g/mol. The van der Waals surface area contributed by atoms with Gasteiger partial charge in [0.1, 0.15) is 5.50 Å². The second kappa shape index (κ2) is 2.99. The highest BCUT2D eigenvalue weighted by atomic mass is 35.5. The second-order valence-corrected chi connectivity index (χ2v) is 1.69. The van der Waals surface area contributed by atoms with Crippen molar-refractivity contribution in [3.8, 4) is 0 Å². The number of carbonyl (C=O) groups excluding carboxylic acids is 1. The van der Waals surface area contributed by atoms with Crippen LogP contribution in [0.1, 0.15) is 13.3 Å². The van der Waals surface area contributed by atoms with Gasteiger partial charge in [-0.25, -0.2) is 0 Å². The number of carbonyl (C=O) groups is 1. The Hall–Kier alpha value is -0.0800. The standard InChI is InChI=1S/C4H8ClNO/c1-2-3(7)4(5)6/h4H,2,6H2,1H3. The lowest BCUT2D eigenvalue weighted by Crippen LogP contribution is -2.22. The fraction of sp³-hybridized carbons (Fsp3) is 0.750. The first-order valence-electron chi connectivity index (χ1n) is 2.11. The highest BCUT2D eigenvalue weighted by molar-refractivity contribution is 6.30. The maximum Gasteiger partial charge on any atom is 0.164 e. The van der Waals surface area contributed by atoms with Crippen LogP contribution in [0.25, 0.3) is 0 Å². The maximum absolute atomic E-state index is 10.3. The summed E-state index contributed by atoms with van der Waals surface area (Å²) in [5.41, 5.74) is 4.16. The normalized spacial score (nSPS) is 13.6. The second-order valence-electron chi connectivity index (χ2n) is 1.22. The van der Waals surface area contributed by atoms with Gasteiger partial charge in [-0.3, -0.25) is 4.79 Å². The number of hydrogen-bond donors (Lipinski definition) is 1. The van der Waals surface area contributed by atoms with Crippen LogP contribution in [0.2, 0.25) is 0 Å². The number of Topliss-reactive ketones (excluding diaryl/α,β-unsaturated/α-hetero) is 1. The van der Waals surface area contributed by atoms with Crippen LogP contribution in [0, 0.1) is 0 Å². The van der Waals surface area contributed by atoms with Gasteiger partial charge in [-0.15, -0.1) is 0 Å². The summed E-state index contributed by atoms with van der Waals surface area (Å²) in [5, 5.41) is 0. The van der Waals surface area contributed by atoms with Gasteiger partial charge in [0, 0.05) is 6.42 Å². The molecule has 3 heteroatoms. The number of nitrogens with two attached hydrogens (primary N) is 1. The monoisotopic (exact) mass is 121 g/mol. The van der Waals surface area contributed by atoms with E-state index < -0.39 is 5.50 Å². The maximum atomic E-state index is 10.3. The summed E-state index contributed by atoms with van der Waals surface area (Å²) >= 11 is 5.16. The first-order chi connectivity index (χ1) is 3.18. The zero-order chi connectivity index (χ0) is 5.86. The molecule has 0 saturated carbocycles. The highest BCUT2D eigenvalue weighted by Gasteiger charge is 2.03. The van der Waals surface area contributed by atoms with Gasteiger partial charge in [0.25, 0.3) is 0 Å². The van der Waals surface area contributed by atoms with Gasteiger partial charge in [0.15, 0.2) is 5.78 Å². The van der Waals surface area contributed by atoms with E-state index in [9.17, 15) is 4.79 Å². The fourth-order valence-electron chi connectivity index (χ4n) is 0.195. The molecule has 0 amide bonds. The zero-order valence-corrected chi connectivity index (χ0v) is 4.90. The molecule has 0 fully saturated rings. The number of rotatable bonds is 2. The predicted octanol–water partition coefficient (Wildman–Crippen LogP) is 0.489. The van der Waals surface area contributed by atoms with E-state index in [-0.39, 0.29) is 5.78 Å². The topological polar surface area (TPSA) is 43.1 Å². The van der Waals surface area contributed by atoms with Gasteiger partial charge >= 0.3 is 0 Å². The van der Waals surface area contributed by atoms with Crippen LogP contribution in [0.3, 0.4) is 0 Å². The molecule has 7 heavy (non-hydrogen) atoms. The van der Waals surface area contributed by atoms with Crippen molar-refractivity contribution in [1.29, 1.82) is 0 Å². The van der Waals surface area contributed by atoms with E-state index in [4.69, 9.17) is 17.3 Å². The molecule has 0 rings (SSSR count). The third-order valence-corrected chi connectivity index (χ3v) is 0.899. The predicted molar refractivity (Wildman–Crippen MR) is 29.1 cm³/mol. The molecule has 0 spiro atoms. The summed E-state index contributed by atoms with van der Waals surface area (Å²) in [6.07, 6.45) is 0.421. The Bertz CT molecular complexity index is 72.1. The lowest BCUT2D eigenvalue weighted by Gasteiger charge is -1.94. The summed E-state index contributed by atoms with van der Waals surface area (Å²) in [6.45, 7) is 1.73. The van der Waals surface area contributed by atoms with Gasteiger partial charge in [0.05, 0.1) is 0 Å². The van der Waals surface area contributed by atoms with E-state index in [0.717, 1.165) is 0 Å². The Balaban J connectivity index is 3.35. The van der Waals surface area contributed by atoms with Crippen molar-refractivity contribution in [3.63, 3.8) is 0 Å². The molecule has 0 aliphatic carbocycles. The molecule has 2 nitrogen and oxygen atoms in total. The first kappa shape index (κ1) is 6.92. The van der Waals surface area contributed by atoms with Crippen LogP contribution < -0.4 is 5.73 Å². The Kier molecular flexibility index (Phi) is 2.96. The largest absolute Gasteiger partial charge is 0.309 e. The molecule has 0 heterocycles. The van der Waals surface area contributed by atoms with E-state index in [1.54, 1.807) is 6.92 Å². The summed E-state index contributed by atoms with van der Waals surface area (Å²) in [7, 11) is 0. The molecule has 1 unspecified atom stereocenters. The molecule has 42 valence electrons. The van der Waals surface area contributed by atoms with Crippen LogP contribution in [0.15, 0.2) is 0 Å². The molecular weight excluding hydrogens is 114 g/mol. The van der Waals surface area contributed by atoms with E-state index in [1.165, 1.54) is 0 Å². The molecule has 0 aromatic carbocycles. The van der Waals surface area contributed by atoms with E-state index in [1.807, 2.05) is 0 Å². The summed E-state index contributed by atoms with van der Waals surface area (Å²) < 4.78 is 0. The molecule has 1 atom stereocenters. The van der Waals surface area contributed by atoms with E-state index >= 15 is 0 Å². The van der Waals surface area contributed by atoms with Crippen LogP contribution in [0.5, 0.6) is 0 Å². The van der Waals surface area contributed by atoms with Crippen molar-refractivity contribution < 1.29 is 4.79 Å². The number of ketones is 1. The van der Waals surface area contributed by atoms with Gasteiger partial charge < -0.3 is 5.73 Å². The molecule has 0 radical (unpaired) electrons. The third kappa shape index (κ3) is 2.60. The van der Waals surface area contributed by atoms with Gasteiger partial charge in [-0.1, -0.05) is 18.5 Å². The molecule has 0 aliphatic rings.